The molecule has 0 spiro atoms. The van der Waals surface area contributed by atoms with E-state index in [4.69, 9.17) is 18.9 Å². The Labute approximate surface area is 150 Å². The van der Waals surface area contributed by atoms with Gasteiger partial charge in [0.05, 0.1) is 20.3 Å². The predicted molar refractivity (Wildman–Crippen MR) is 99.2 cm³/mol. The van der Waals surface area contributed by atoms with Gasteiger partial charge in [-0.05, 0) is 41.8 Å². The molecule has 2 rings (SSSR count). The molecule has 2 aromatic carbocycles. The molecule has 0 aliphatic heterocycles. The van der Waals surface area contributed by atoms with Crippen molar-refractivity contribution >= 4 is 0 Å². The van der Waals surface area contributed by atoms with Crippen molar-refractivity contribution < 1.29 is 18.9 Å². The van der Waals surface area contributed by atoms with Crippen LogP contribution in [0, 0.1) is 0 Å². The highest BCUT2D eigenvalue weighted by molar-refractivity contribution is 5.32. The Hall–Kier alpha value is -2.30. The van der Waals surface area contributed by atoms with Crippen molar-refractivity contribution in [3.8, 4) is 11.5 Å². The van der Waals surface area contributed by atoms with Crippen LogP contribution in [0.4, 0.5) is 0 Å². The number of rotatable bonds is 9. The molecule has 2 aromatic rings. The van der Waals surface area contributed by atoms with E-state index in [0.29, 0.717) is 0 Å². The maximum atomic E-state index is 5.63. The van der Waals surface area contributed by atoms with E-state index in [1.165, 1.54) is 0 Å². The van der Waals surface area contributed by atoms with Gasteiger partial charge in [0, 0.05) is 14.2 Å². The van der Waals surface area contributed by atoms with Crippen LogP contribution in [0.3, 0.4) is 0 Å². The van der Waals surface area contributed by atoms with Crippen LogP contribution in [0.2, 0.25) is 0 Å². The second-order valence-corrected chi connectivity index (χ2v) is 5.60. The van der Waals surface area contributed by atoms with E-state index in [-0.39, 0.29) is 12.2 Å². The first-order chi connectivity index (χ1) is 12.2. The largest absolute Gasteiger partial charge is 0.497 e. The van der Waals surface area contributed by atoms with E-state index < -0.39 is 0 Å². The van der Waals surface area contributed by atoms with Gasteiger partial charge in [0.15, 0.2) is 0 Å². The van der Waals surface area contributed by atoms with Crippen molar-refractivity contribution in [1.29, 1.82) is 0 Å². The van der Waals surface area contributed by atoms with Crippen molar-refractivity contribution in [2.45, 2.75) is 18.6 Å². The molecule has 0 N–H and O–H groups in total. The Kier molecular flexibility index (Phi) is 7.51. The summed E-state index contributed by atoms with van der Waals surface area (Å²) in [5, 5.41) is 0. The second-order valence-electron chi connectivity index (χ2n) is 5.60. The predicted octanol–water partition coefficient (Wildman–Crippen LogP) is 4.73. The Morgan fingerprint density at radius 2 is 1.40 bits per heavy atom. The standard InChI is InChI=1S/C21H26O4/c1-22-18-10-5-8-16(14-18)20(24-3)12-7-13-21(25-4)17-9-6-11-19(15-17)23-2/h5-12,14-15,20-21H,13H2,1-4H3/b12-7+/t20-,21-/m0/s1. The van der Waals surface area contributed by atoms with Crippen molar-refractivity contribution in [3.63, 3.8) is 0 Å². The molecule has 0 saturated carbocycles. The third kappa shape index (κ3) is 5.34. The SMILES string of the molecule is COc1cccc([C@H](/C=C/C[C@H](OC)c2cccc(OC)c2)OC)c1. The molecule has 0 radical (unpaired) electrons. The van der Waals surface area contributed by atoms with Crippen molar-refractivity contribution in [3.05, 3.63) is 71.8 Å². The summed E-state index contributed by atoms with van der Waals surface area (Å²) in [6.45, 7) is 0. The lowest BCUT2D eigenvalue weighted by molar-refractivity contribution is 0.105. The molecule has 0 aliphatic carbocycles. The van der Waals surface area contributed by atoms with Crippen LogP contribution >= 0.6 is 0 Å². The van der Waals surface area contributed by atoms with Crippen LogP contribution < -0.4 is 9.47 Å². The normalized spacial score (nSPS) is 13.6. The maximum Gasteiger partial charge on any atom is 0.119 e. The van der Waals surface area contributed by atoms with E-state index in [9.17, 15) is 0 Å². The second kappa shape index (κ2) is 9.87. The molecule has 0 aliphatic rings. The molecule has 0 amide bonds. The lowest BCUT2D eigenvalue weighted by Gasteiger charge is -2.16. The van der Waals surface area contributed by atoms with Crippen LogP contribution in [-0.4, -0.2) is 28.4 Å². The highest BCUT2D eigenvalue weighted by Crippen LogP contribution is 2.27. The number of hydrogen-bond donors (Lipinski definition) is 0. The lowest BCUT2D eigenvalue weighted by atomic mass is 10.0. The molecular formula is C21H26O4. The van der Waals surface area contributed by atoms with E-state index >= 15 is 0 Å². The molecule has 0 heterocycles. The van der Waals surface area contributed by atoms with Gasteiger partial charge in [-0.1, -0.05) is 36.4 Å². The average Bonchev–Trinajstić information content (AvgIpc) is 2.68. The molecule has 0 unspecified atom stereocenters. The quantitative estimate of drug-likeness (QED) is 0.618. The van der Waals surface area contributed by atoms with Gasteiger partial charge in [-0.15, -0.1) is 0 Å². The molecule has 25 heavy (non-hydrogen) atoms. The molecule has 0 fully saturated rings. The first-order valence-electron chi connectivity index (χ1n) is 8.22. The van der Waals surface area contributed by atoms with E-state index in [1.54, 1.807) is 28.4 Å². The molecule has 4 heteroatoms. The van der Waals surface area contributed by atoms with Crippen LogP contribution in [-0.2, 0) is 9.47 Å². The molecule has 0 saturated heterocycles. The summed E-state index contributed by atoms with van der Waals surface area (Å²) in [5.41, 5.74) is 2.13. The van der Waals surface area contributed by atoms with E-state index in [2.05, 4.69) is 6.08 Å². The first-order valence-corrected chi connectivity index (χ1v) is 8.22. The summed E-state index contributed by atoms with van der Waals surface area (Å²) in [6, 6.07) is 15.8. The topological polar surface area (TPSA) is 36.9 Å². The van der Waals surface area contributed by atoms with Gasteiger partial charge in [0.1, 0.15) is 17.6 Å². The lowest BCUT2D eigenvalue weighted by Crippen LogP contribution is -2.02. The summed E-state index contributed by atoms with van der Waals surface area (Å²) in [6.07, 6.45) is 4.71. The van der Waals surface area contributed by atoms with Crippen LogP contribution in [0.5, 0.6) is 11.5 Å². The minimum atomic E-state index is -0.127. The molecule has 4 nitrogen and oxygen atoms in total. The van der Waals surface area contributed by atoms with E-state index in [1.807, 2.05) is 54.6 Å². The smallest absolute Gasteiger partial charge is 0.119 e. The number of ether oxygens (including phenoxy) is 4. The first kappa shape index (κ1) is 19.0. The zero-order valence-electron chi connectivity index (χ0n) is 15.3. The minimum absolute atomic E-state index is 0.0332. The summed E-state index contributed by atoms with van der Waals surface area (Å²) >= 11 is 0. The van der Waals surface area contributed by atoms with Gasteiger partial charge in [-0.25, -0.2) is 0 Å². The van der Waals surface area contributed by atoms with Crippen molar-refractivity contribution in [2.75, 3.05) is 28.4 Å². The van der Waals surface area contributed by atoms with Gasteiger partial charge in [0.25, 0.3) is 0 Å². The van der Waals surface area contributed by atoms with E-state index in [0.717, 1.165) is 29.0 Å². The van der Waals surface area contributed by atoms with Gasteiger partial charge in [-0.3, -0.25) is 0 Å². The van der Waals surface area contributed by atoms with Gasteiger partial charge in [-0.2, -0.15) is 0 Å². The summed E-state index contributed by atoms with van der Waals surface area (Å²) in [7, 11) is 6.74. The third-order valence-corrected chi connectivity index (χ3v) is 4.09. The van der Waals surface area contributed by atoms with Gasteiger partial charge >= 0.3 is 0 Å². The molecule has 0 aromatic heterocycles. The molecule has 0 bridgehead atoms. The molecular weight excluding hydrogens is 316 g/mol. The van der Waals surface area contributed by atoms with Gasteiger partial charge < -0.3 is 18.9 Å². The van der Waals surface area contributed by atoms with Crippen molar-refractivity contribution in [2.24, 2.45) is 0 Å². The highest BCUT2D eigenvalue weighted by Gasteiger charge is 2.11. The van der Waals surface area contributed by atoms with Crippen molar-refractivity contribution in [1.82, 2.24) is 0 Å². The Balaban J connectivity index is 2.07. The maximum absolute atomic E-state index is 5.63. The van der Waals surface area contributed by atoms with Crippen LogP contribution in [0.15, 0.2) is 60.7 Å². The summed E-state index contributed by atoms with van der Waals surface area (Å²) in [4.78, 5) is 0. The average molecular weight is 342 g/mol. The Morgan fingerprint density at radius 3 is 1.96 bits per heavy atom. The van der Waals surface area contributed by atoms with Gasteiger partial charge in [0.2, 0.25) is 0 Å². The summed E-state index contributed by atoms with van der Waals surface area (Å²) in [5.74, 6) is 1.65. The number of hydrogen-bond acceptors (Lipinski definition) is 4. The zero-order valence-corrected chi connectivity index (χ0v) is 15.3. The number of methoxy groups -OCH3 is 4. The minimum Gasteiger partial charge on any atom is -0.497 e. The Bertz CT molecular complexity index is 681. The fourth-order valence-corrected chi connectivity index (χ4v) is 2.68. The number of benzene rings is 2. The highest BCUT2D eigenvalue weighted by atomic mass is 16.5. The zero-order chi connectivity index (χ0) is 18.1. The fourth-order valence-electron chi connectivity index (χ4n) is 2.68. The fraction of sp³-hybridized carbons (Fsp3) is 0.333. The van der Waals surface area contributed by atoms with Crippen LogP contribution in [0.25, 0.3) is 0 Å². The third-order valence-electron chi connectivity index (χ3n) is 4.09. The van der Waals surface area contributed by atoms with Crippen LogP contribution in [0.1, 0.15) is 29.8 Å². The summed E-state index contributed by atoms with van der Waals surface area (Å²) < 4.78 is 21.8. The molecule has 134 valence electrons. The monoisotopic (exact) mass is 342 g/mol. The Morgan fingerprint density at radius 1 is 0.800 bits per heavy atom. The molecule has 2 atom stereocenters.